The van der Waals surface area contributed by atoms with Crippen LogP contribution in [0.1, 0.15) is 18.1 Å². The van der Waals surface area contributed by atoms with Gasteiger partial charge in [-0.3, -0.25) is 19.2 Å². The molecule has 10 nitrogen and oxygen atoms in total. The van der Waals surface area contributed by atoms with Crippen molar-refractivity contribution in [1.29, 1.82) is 0 Å². The third-order valence-corrected chi connectivity index (χ3v) is 5.95. The first-order valence-electron chi connectivity index (χ1n) is 8.73. The number of carbonyl (C=O) groups is 1. The fourth-order valence-corrected chi connectivity index (χ4v) is 4.56. The van der Waals surface area contributed by atoms with Gasteiger partial charge in [-0.15, -0.1) is 29.8 Å². The lowest BCUT2D eigenvalue weighted by molar-refractivity contribution is -0.386. The van der Waals surface area contributed by atoms with E-state index in [2.05, 4.69) is 11.3 Å². The molecule has 1 rings (SSSR count). The van der Waals surface area contributed by atoms with Gasteiger partial charge in [0, 0.05) is 30.9 Å². The molecule has 0 aliphatic rings. The van der Waals surface area contributed by atoms with E-state index in [1.165, 1.54) is 36.1 Å². The number of esters is 1. The fraction of sp³-hybridized carbons (Fsp3) is 0.471. The molecule has 1 aromatic rings. The van der Waals surface area contributed by atoms with Gasteiger partial charge in [0.05, 0.1) is 17.6 Å². The Kier molecular flexibility index (Phi) is 11.3. The molecular weight excluding hydrogens is 460 g/mol. The number of nitrogens with two attached hydrogens (primary N) is 1. The zero-order valence-electron chi connectivity index (χ0n) is 16.4. The van der Waals surface area contributed by atoms with E-state index in [0.717, 1.165) is 0 Å². The molecule has 0 aliphatic heterocycles. The first kappa shape index (κ1) is 26.4. The van der Waals surface area contributed by atoms with E-state index in [9.17, 15) is 19.5 Å². The Hall–Kier alpha value is -1.68. The smallest absolute Gasteiger partial charge is 0.343 e. The maximum Gasteiger partial charge on any atom is 0.343 e. The molecule has 0 radical (unpaired) electrons. The predicted octanol–water partition coefficient (Wildman–Crippen LogP) is 3.63. The first-order chi connectivity index (χ1) is 14.2. The van der Waals surface area contributed by atoms with Crippen molar-refractivity contribution in [3.8, 4) is 5.75 Å². The van der Waals surface area contributed by atoms with Crippen molar-refractivity contribution >= 4 is 42.5 Å². The fourth-order valence-electron chi connectivity index (χ4n) is 2.46. The highest BCUT2D eigenvalue weighted by Crippen LogP contribution is 2.49. The summed E-state index contributed by atoms with van der Waals surface area (Å²) in [6, 6.07) is 3.84. The highest BCUT2D eigenvalue weighted by molar-refractivity contribution is 7.53. The summed E-state index contributed by atoms with van der Waals surface area (Å²) in [5.74, 6) is -0.211. The third kappa shape index (κ3) is 7.86. The molecular formula is C17H24Cl2N3O7P. The Morgan fingerprint density at radius 3 is 2.53 bits per heavy atom. The van der Waals surface area contributed by atoms with Crippen LogP contribution in [0.25, 0.3) is 0 Å². The van der Waals surface area contributed by atoms with E-state index in [0.29, 0.717) is 0 Å². The number of rotatable bonds is 14. The number of nitro groups is 1. The molecule has 168 valence electrons. The number of halogens is 2. The number of carbonyl (C=O) groups excluding carboxylic acids is 1. The summed E-state index contributed by atoms with van der Waals surface area (Å²) in [5, 5.41) is 11.5. The molecule has 2 atom stereocenters. The van der Waals surface area contributed by atoms with Gasteiger partial charge in [0.25, 0.3) is 5.69 Å². The monoisotopic (exact) mass is 483 g/mol. The number of ether oxygens (including phenoxy) is 2. The number of benzene rings is 1. The van der Waals surface area contributed by atoms with Gasteiger partial charge in [-0.05, 0) is 18.6 Å². The Morgan fingerprint density at radius 2 is 2.03 bits per heavy atom. The lowest BCUT2D eigenvalue weighted by Gasteiger charge is -2.30. The lowest BCUT2D eigenvalue weighted by atomic mass is 10.0. The van der Waals surface area contributed by atoms with E-state index in [-0.39, 0.29) is 48.3 Å². The summed E-state index contributed by atoms with van der Waals surface area (Å²) < 4.78 is 29.8. The zero-order chi connectivity index (χ0) is 22.7. The van der Waals surface area contributed by atoms with Crippen LogP contribution in [0.15, 0.2) is 30.9 Å². The van der Waals surface area contributed by atoms with Crippen molar-refractivity contribution in [2.24, 2.45) is 5.50 Å². The normalized spacial score (nSPS) is 14.0. The van der Waals surface area contributed by atoms with Crippen LogP contribution in [0.3, 0.4) is 0 Å². The molecule has 0 spiro atoms. The second-order valence-corrected chi connectivity index (χ2v) is 8.52. The van der Waals surface area contributed by atoms with Gasteiger partial charge >= 0.3 is 13.6 Å². The van der Waals surface area contributed by atoms with Gasteiger partial charge in [-0.25, -0.2) is 15.0 Å². The van der Waals surface area contributed by atoms with Crippen molar-refractivity contribution in [1.82, 2.24) is 4.67 Å². The van der Waals surface area contributed by atoms with E-state index >= 15 is 0 Å². The van der Waals surface area contributed by atoms with Crippen LogP contribution in [0.4, 0.5) is 5.69 Å². The molecule has 30 heavy (non-hydrogen) atoms. The summed E-state index contributed by atoms with van der Waals surface area (Å²) in [6.45, 7) is 3.51. The van der Waals surface area contributed by atoms with Gasteiger partial charge < -0.3 is 9.47 Å². The molecule has 13 heteroatoms. The molecule has 2 unspecified atom stereocenters. The second kappa shape index (κ2) is 12.9. The summed E-state index contributed by atoms with van der Waals surface area (Å²) in [4.78, 5) is 22.2. The van der Waals surface area contributed by atoms with Crippen LogP contribution in [0.2, 0.25) is 0 Å². The quantitative estimate of drug-likeness (QED) is 0.105. The van der Waals surface area contributed by atoms with Gasteiger partial charge in [0.15, 0.2) is 6.61 Å². The summed E-state index contributed by atoms with van der Waals surface area (Å²) in [5.41, 5.74) is 5.69. The van der Waals surface area contributed by atoms with Crippen LogP contribution in [0.5, 0.6) is 5.75 Å². The Morgan fingerprint density at radius 1 is 1.40 bits per heavy atom. The van der Waals surface area contributed by atoms with E-state index in [1.54, 1.807) is 0 Å². The average molecular weight is 484 g/mol. The van der Waals surface area contributed by atoms with Crippen molar-refractivity contribution < 1.29 is 28.3 Å². The van der Waals surface area contributed by atoms with Crippen LogP contribution < -0.4 is 10.2 Å². The maximum atomic E-state index is 13.0. The average Bonchev–Trinajstić information content (AvgIpc) is 2.71. The Bertz CT molecular complexity index is 791. The molecule has 0 heterocycles. The van der Waals surface area contributed by atoms with Crippen molar-refractivity contribution in [3.63, 3.8) is 0 Å². The molecule has 0 amide bonds. The Balaban J connectivity index is 3.30. The van der Waals surface area contributed by atoms with Gasteiger partial charge in [-0.2, -0.15) is 0 Å². The maximum absolute atomic E-state index is 13.0. The highest BCUT2D eigenvalue weighted by atomic mass is 35.5. The minimum atomic E-state index is -3.91. The molecule has 0 saturated carbocycles. The number of hydrogen-bond acceptors (Lipinski definition) is 7. The number of methoxy groups -OCH3 is 1. The SMILES string of the molecule is C=CCC(OP(N)(=O)N(CCCl)CCCl)c1cc(OCC(=O)OC)ccc1[N+](=O)[O-]. The van der Waals surface area contributed by atoms with E-state index < -0.39 is 31.3 Å². The van der Waals surface area contributed by atoms with Gasteiger partial charge in [0.1, 0.15) is 11.9 Å². The Labute approximate surface area is 184 Å². The van der Waals surface area contributed by atoms with Crippen LogP contribution in [-0.4, -0.2) is 54.1 Å². The first-order valence-corrected chi connectivity index (χ1v) is 11.4. The topological polar surface area (TPSA) is 134 Å². The predicted molar refractivity (Wildman–Crippen MR) is 114 cm³/mol. The van der Waals surface area contributed by atoms with Gasteiger partial charge in [0.2, 0.25) is 0 Å². The van der Waals surface area contributed by atoms with Crippen molar-refractivity contribution in [2.75, 3.05) is 38.6 Å². The zero-order valence-corrected chi connectivity index (χ0v) is 18.8. The summed E-state index contributed by atoms with van der Waals surface area (Å²) in [6.07, 6.45) is 0.440. The van der Waals surface area contributed by atoms with E-state index in [1.807, 2.05) is 0 Å². The molecule has 0 aliphatic carbocycles. The van der Waals surface area contributed by atoms with E-state index in [4.69, 9.17) is 38.0 Å². The van der Waals surface area contributed by atoms with Crippen molar-refractivity contribution in [2.45, 2.75) is 12.5 Å². The summed E-state index contributed by atoms with van der Waals surface area (Å²) >= 11 is 11.5. The lowest BCUT2D eigenvalue weighted by Crippen LogP contribution is -2.30. The van der Waals surface area contributed by atoms with Gasteiger partial charge in [-0.1, -0.05) is 6.08 Å². The minimum absolute atomic E-state index is 0.0598. The molecule has 0 saturated heterocycles. The highest BCUT2D eigenvalue weighted by Gasteiger charge is 2.33. The standard InChI is InChI=1S/C17H24Cl2N3O7P/c1-3-4-16(29-30(20,26)21(9-7-18)10-8-19)14-11-13(28-12-17(23)27-2)5-6-15(14)22(24)25/h3,5-6,11,16H,1,4,7-10,12H2,2H3,(H2,20,26). The van der Waals surface area contributed by atoms with Crippen LogP contribution >= 0.6 is 30.9 Å². The third-order valence-electron chi connectivity index (χ3n) is 3.87. The van der Waals surface area contributed by atoms with Crippen LogP contribution in [0, 0.1) is 10.1 Å². The number of nitro benzene ring substituents is 1. The molecule has 1 aromatic carbocycles. The number of alkyl halides is 2. The molecule has 2 N–H and O–H groups in total. The number of hydrogen-bond donors (Lipinski definition) is 1. The molecule has 0 fully saturated rings. The minimum Gasteiger partial charge on any atom is -0.482 e. The largest absolute Gasteiger partial charge is 0.482 e. The number of nitrogens with zero attached hydrogens (tertiary/aromatic N) is 2. The van der Waals surface area contributed by atoms with Crippen LogP contribution in [-0.2, 0) is 18.6 Å². The molecule has 0 aromatic heterocycles. The van der Waals surface area contributed by atoms with Crippen molar-refractivity contribution in [3.05, 3.63) is 46.5 Å². The summed E-state index contributed by atoms with van der Waals surface area (Å²) in [7, 11) is -2.71. The molecule has 0 bridgehead atoms. The second-order valence-electron chi connectivity index (χ2n) is 5.86.